The quantitative estimate of drug-likeness (QED) is 0.0966. The van der Waals surface area contributed by atoms with Crippen molar-refractivity contribution in [3.8, 4) is 0 Å². The largest absolute Gasteiger partial charge is 0.506 e. The Kier molecular flexibility index (Phi) is 21.4. The fourth-order valence-electron chi connectivity index (χ4n) is 9.45. The van der Waals surface area contributed by atoms with E-state index >= 15 is 0 Å². The molecule has 35 heteroatoms. The van der Waals surface area contributed by atoms with Crippen LogP contribution in [0.25, 0.3) is 0 Å². The summed E-state index contributed by atoms with van der Waals surface area (Å²) in [6, 6.07) is 0. The molecule has 10 rings (SSSR count). The number of aliphatic hydroxyl groups is 24. The van der Waals surface area contributed by atoms with Gasteiger partial charge in [-0.2, -0.15) is 0 Å². The highest BCUT2D eigenvalue weighted by Crippen LogP contribution is 2.59. The normalized spacial score (nSPS) is 50.1. The van der Waals surface area contributed by atoms with Gasteiger partial charge in [0.15, 0.2) is 70.9 Å². The predicted octanol–water partition coefficient (Wildman–Crippen LogP) is -10.7. The Labute approximate surface area is 433 Å². The molecule has 24 N–H and O–H groups in total. The van der Waals surface area contributed by atoms with E-state index in [-0.39, 0.29) is 0 Å². The highest BCUT2D eigenvalue weighted by molar-refractivity contribution is 5.32. The summed E-state index contributed by atoms with van der Waals surface area (Å²) in [5.41, 5.74) is -5.19. The standard InChI is InChI=1S/C42H68O35/c43-4-1-11-17(50)23(56)34(63)74-30-15(8-47)71-38(27(60)21(30)54)69-13(3-6-45)19(52)25(58)36(65)76-33-32(62)42(66)40(77-41(33,42)10-49)75-31-16(9-48)72-39(28(61)22(31)55)68-12(2-5-44)18(51)24(57)35(64)73-29-14(7-46)70-37(67-11)26(59)20(29)53/h11-16,20-22,26-40,43-66H,1-10H2/b23-17-,24-18+,25-19+. The maximum absolute atomic E-state index is 11.6. The van der Waals surface area contributed by atoms with E-state index < -0.39 is 259 Å². The second kappa shape index (κ2) is 26.2. The number of rotatable bonds is 10. The maximum Gasteiger partial charge on any atom is 0.218 e. The lowest BCUT2D eigenvalue weighted by Gasteiger charge is -2.72. The van der Waals surface area contributed by atoms with Gasteiger partial charge in [-0.3, -0.25) is 0 Å². The summed E-state index contributed by atoms with van der Waals surface area (Å²) in [7, 11) is 0. The topological polar surface area (TPSA) is 587 Å². The van der Waals surface area contributed by atoms with E-state index in [0.29, 0.717) is 0 Å². The van der Waals surface area contributed by atoms with Gasteiger partial charge in [-0.1, -0.05) is 0 Å². The van der Waals surface area contributed by atoms with Crippen LogP contribution in [-0.2, 0) is 52.1 Å². The lowest BCUT2D eigenvalue weighted by molar-refractivity contribution is -0.539. The van der Waals surface area contributed by atoms with E-state index in [0.717, 1.165) is 0 Å². The Bertz CT molecular complexity index is 2010. The van der Waals surface area contributed by atoms with Gasteiger partial charge in [0.05, 0.1) is 26.4 Å². The van der Waals surface area contributed by atoms with Crippen LogP contribution in [0.2, 0.25) is 0 Å². The number of hydrogen-bond donors (Lipinski definition) is 24. The van der Waals surface area contributed by atoms with Gasteiger partial charge in [-0.25, -0.2) is 0 Å². The first-order chi connectivity index (χ1) is 36.4. The molecule has 1 aliphatic carbocycles. The molecule has 0 spiro atoms. The van der Waals surface area contributed by atoms with Crippen LogP contribution in [0.3, 0.4) is 0 Å². The number of ether oxygens (including phenoxy) is 11. The van der Waals surface area contributed by atoms with Gasteiger partial charge in [-0.15, -0.1) is 0 Å². The van der Waals surface area contributed by atoms with Crippen molar-refractivity contribution < 1.29 is 175 Å². The Balaban J connectivity index is 1.34. The van der Waals surface area contributed by atoms with Gasteiger partial charge in [0.1, 0.15) is 104 Å². The second-order valence-electron chi connectivity index (χ2n) is 18.5. The van der Waals surface area contributed by atoms with Crippen molar-refractivity contribution in [3.63, 3.8) is 0 Å². The molecule has 0 radical (unpaired) electrons. The van der Waals surface area contributed by atoms with Crippen LogP contribution in [0.4, 0.5) is 0 Å². The summed E-state index contributed by atoms with van der Waals surface area (Å²) in [6.45, 7) is -7.32. The minimum atomic E-state index is -2.75. The van der Waals surface area contributed by atoms with Crippen LogP contribution < -0.4 is 0 Å². The zero-order chi connectivity index (χ0) is 57.2. The fraction of sp³-hybridized carbons (Fsp3) is 0.857. The molecule has 0 aromatic carbocycles. The summed E-state index contributed by atoms with van der Waals surface area (Å²) in [4.78, 5) is 0. The molecule has 35 nitrogen and oxygen atoms in total. The molecule has 26 unspecified atom stereocenters. The highest BCUT2D eigenvalue weighted by atomic mass is 16.8. The maximum atomic E-state index is 11.6. The molecule has 0 aromatic rings. The third-order valence-corrected chi connectivity index (χ3v) is 13.9. The minimum Gasteiger partial charge on any atom is -0.506 e. The number of fused-ring (bicyclic) bond motifs is 3. The Morgan fingerprint density at radius 3 is 0.974 bits per heavy atom. The summed E-state index contributed by atoms with van der Waals surface area (Å²) < 4.78 is 59.8. The highest BCUT2D eigenvalue weighted by Gasteiger charge is 2.86. The van der Waals surface area contributed by atoms with Gasteiger partial charge >= 0.3 is 0 Å². The fourth-order valence-corrected chi connectivity index (χ4v) is 9.45. The molecular weight excluding hydrogens is 1060 g/mol. The summed E-state index contributed by atoms with van der Waals surface area (Å²) >= 11 is 0. The van der Waals surface area contributed by atoms with Gasteiger partial charge in [0.25, 0.3) is 0 Å². The van der Waals surface area contributed by atoms with E-state index in [1.165, 1.54) is 0 Å². The monoisotopic (exact) mass is 1130 g/mol. The molecule has 4 saturated heterocycles. The average molecular weight is 1130 g/mol. The average Bonchev–Trinajstić information content (AvgIpc) is 3.60. The van der Waals surface area contributed by atoms with E-state index in [2.05, 4.69) is 0 Å². The van der Waals surface area contributed by atoms with E-state index in [1.54, 1.807) is 0 Å². The molecule has 0 aromatic heterocycles. The van der Waals surface area contributed by atoms with Crippen molar-refractivity contribution in [2.24, 2.45) is 0 Å². The summed E-state index contributed by atoms with van der Waals surface area (Å²) in [5.74, 6) is -8.79. The van der Waals surface area contributed by atoms with Crippen LogP contribution in [-0.4, -0.2) is 328 Å². The van der Waals surface area contributed by atoms with Gasteiger partial charge in [0, 0.05) is 39.1 Å². The Morgan fingerprint density at radius 1 is 0.364 bits per heavy atom. The number of hydrogen-bond acceptors (Lipinski definition) is 35. The minimum absolute atomic E-state index is 0.702. The first-order valence-corrected chi connectivity index (χ1v) is 23.7. The lowest BCUT2D eigenvalue weighted by atomic mass is 9.55. The Hall–Kier alpha value is -3.14. The molecule has 77 heavy (non-hydrogen) atoms. The predicted molar refractivity (Wildman–Crippen MR) is 233 cm³/mol. The Morgan fingerprint density at radius 2 is 0.675 bits per heavy atom. The molecule has 26 atom stereocenters. The third-order valence-electron chi connectivity index (χ3n) is 13.9. The number of aliphatic hydroxyl groups excluding tert-OH is 23. The van der Waals surface area contributed by atoms with Crippen molar-refractivity contribution >= 4 is 0 Å². The van der Waals surface area contributed by atoms with Gasteiger partial charge in [-0.05, 0) is 0 Å². The first-order valence-electron chi connectivity index (χ1n) is 23.7. The van der Waals surface area contributed by atoms with Gasteiger partial charge in [0.2, 0.25) is 18.9 Å². The van der Waals surface area contributed by atoms with Crippen molar-refractivity contribution in [1.82, 2.24) is 0 Å². The molecule has 1 saturated carbocycles. The molecule has 10 bridgehead atoms. The van der Waals surface area contributed by atoms with Crippen LogP contribution in [0.5, 0.6) is 0 Å². The molecule has 5 fully saturated rings. The third kappa shape index (κ3) is 12.0. The van der Waals surface area contributed by atoms with Crippen molar-refractivity contribution in [1.29, 1.82) is 0 Å². The van der Waals surface area contributed by atoms with Crippen LogP contribution >= 0.6 is 0 Å². The SMILES string of the molecule is OCCC1OC2OC(CO)C(OC(O)/C(O)=C(\O)C(CCO)OC3OC(CO)C(OC4OC5(CO)C(OC(O)/C(O)=C(\O)C(CCO)OC6OC(CO)C(OC(O)/C(O)=C\1O)C(O)C6O)C(O)C45O)C(O)C3O)C(O)C2O. The lowest BCUT2D eigenvalue weighted by Crippen LogP contribution is -2.96. The van der Waals surface area contributed by atoms with Crippen LogP contribution in [0, 0.1) is 0 Å². The summed E-state index contributed by atoms with van der Waals surface area (Å²) in [5, 5.41) is 258. The smallest absolute Gasteiger partial charge is 0.218 e. The molecule has 9 heterocycles. The zero-order valence-corrected chi connectivity index (χ0v) is 40.2. The van der Waals surface area contributed by atoms with Crippen molar-refractivity contribution in [2.45, 2.75) is 178 Å². The van der Waals surface area contributed by atoms with E-state index in [9.17, 15) is 123 Å². The molecule has 9 aliphatic heterocycles. The first kappa shape index (κ1) is 63.0. The van der Waals surface area contributed by atoms with E-state index in [4.69, 9.17) is 52.1 Å². The molecular formula is C42H68O35. The second-order valence-corrected chi connectivity index (χ2v) is 18.5. The molecule has 10 aliphatic rings. The van der Waals surface area contributed by atoms with Crippen molar-refractivity contribution in [3.05, 3.63) is 34.6 Å². The molecule has 446 valence electrons. The van der Waals surface area contributed by atoms with Crippen LogP contribution in [0.15, 0.2) is 34.6 Å². The zero-order valence-electron chi connectivity index (χ0n) is 40.2. The van der Waals surface area contributed by atoms with Crippen molar-refractivity contribution in [2.75, 3.05) is 46.2 Å². The van der Waals surface area contributed by atoms with Crippen LogP contribution in [0.1, 0.15) is 19.3 Å². The van der Waals surface area contributed by atoms with E-state index in [1.807, 2.05) is 0 Å². The molecule has 0 amide bonds. The van der Waals surface area contributed by atoms with Gasteiger partial charge < -0.3 is 175 Å². The summed E-state index contributed by atoms with van der Waals surface area (Å²) in [6.07, 6.45) is -54.6.